The van der Waals surface area contributed by atoms with Gasteiger partial charge in [0.05, 0.1) is 18.8 Å². The van der Waals surface area contributed by atoms with Crippen molar-refractivity contribution in [3.63, 3.8) is 0 Å². The Morgan fingerprint density at radius 3 is 3.08 bits per heavy atom. The number of fused-ring (bicyclic) bond motifs is 1. The molecule has 2 aromatic rings. The standard InChI is InChI=1S/C20H22N2O3/c1-3-24-18-12-16-10-14(2)25-19(16)11-15(18)7-8-20(23)22-13-17-6-4-5-9-21-17/h4-9,11-12,14H,3,10,13H2,1-2H3,(H,22,23)/b8-7+. The molecule has 1 unspecified atom stereocenters. The summed E-state index contributed by atoms with van der Waals surface area (Å²) in [5.41, 5.74) is 2.80. The van der Waals surface area contributed by atoms with E-state index in [1.807, 2.05) is 44.2 Å². The van der Waals surface area contributed by atoms with Gasteiger partial charge in [-0.15, -0.1) is 0 Å². The van der Waals surface area contributed by atoms with Crippen molar-refractivity contribution >= 4 is 12.0 Å². The van der Waals surface area contributed by atoms with E-state index in [4.69, 9.17) is 9.47 Å². The van der Waals surface area contributed by atoms with Crippen LogP contribution in [0.15, 0.2) is 42.6 Å². The van der Waals surface area contributed by atoms with E-state index < -0.39 is 0 Å². The molecule has 0 spiro atoms. The lowest BCUT2D eigenvalue weighted by Crippen LogP contribution is -2.20. The minimum Gasteiger partial charge on any atom is -0.493 e. The Morgan fingerprint density at radius 1 is 1.44 bits per heavy atom. The van der Waals surface area contributed by atoms with Gasteiger partial charge in [-0.05, 0) is 44.2 Å². The number of benzene rings is 1. The second-order valence-corrected chi connectivity index (χ2v) is 5.94. The monoisotopic (exact) mass is 338 g/mol. The zero-order chi connectivity index (χ0) is 17.6. The molecule has 0 radical (unpaired) electrons. The lowest BCUT2D eigenvalue weighted by atomic mass is 10.1. The van der Waals surface area contributed by atoms with Gasteiger partial charge in [0.2, 0.25) is 5.91 Å². The quantitative estimate of drug-likeness (QED) is 0.822. The number of carbonyl (C=O) groups is 1. The summed E-state index contributed by atoms with van der Waals surface area (Å²) >= 11 is 0. The van der Waals surface area contributed by atoms with Gasteiger partial charge in [0.1, 0.15) is 17.6 Å². The molecule has 1 aromatic carbocycles. The Kier molecular flexibility index (Phi) is 5.33. The van der Waals surface area contributed by atoms with E-state index in [9.17, 15) is 4.79 Å². The number of hydrogen-bond donors (Lipinski definition) is 1. The molecule has 0 bridgehead atoms. The van der Waals surface area contributed by atoms with Crippen molar-refractivity contribution in [2.75, 3.05) is 6.61 Å². The van der Waals surface area contributed by atoms with E-state index in [2.05, 4.69) is 10.3 Å². The number of aromatic nitrogens is 1. The van der Waals surface area contributed by atoms with Crippen LogP contribution in [0, 0.1) is 0 Å². The highest BCUT2D eigenvalue weighted by atomic mass is 16.5. The van der Waals surface area contributed by atoms with Gasteiger partial charge in [-0.2, -0.15) is 0 Å². The maximum atomic E-state index is 12.0. The van der Waals surface area contributed by atoms with Gasteiger partial charge in [-0.25, -0.2) is 0 Å². The van der Waals surface area contributed by atoms with E-state index in [0.717, 1.165) is 34.7 Å². The first kappa shape index (κ1) is 17.0. The SMILES string of the molecule is CCOc1cc2c(cc1/C=C/C(=O)NCc1ccccn1)OC(C)C2. The van der Waals surface area contributed by atoms with Crippen molar-refractivity contribution in [1.82, 2.24) is 10.3 Å². The minimum absolute atomic E-state index is 0.172. The summed E-state index contributed by atoms with van der Waals surface area (Å²) in [5.74, 6) is 1.46. The van der Waals surface area contributed by atoms with Crippen molar-refractivity contribution in [2.24, 2.45) is 0 Å². The Balaban J connectivity index is 1.69. The van der Waals surface area contributed by atoms with Crippen LogP contribution in [-0.2, 0) is 17.8 Å². The predicted molar refractivity (Wildman–Crippen MR) is 96.5 cm³/mol. The molecule has 130 valence electrons. The van der Waals surface area contributed by atoms with Gasteiger partial charge in [0.25, 0.3) is 0 Å². The Morgan fingerprint density at radius 2 is 2.32 bits per heavy atom. The van der Waals surface area contributed by atoms with Gasteiger partial charge >= 0.3 is 0 Å². The van der Waals surface area contributed by atoms with Gasteiger partial charge in [0, 0.05) is 29.8 Å². The molecule has 1 aromatic heterocycles. The van der Waals surface area contributed by atoms with Crippen LogP contribution < -0.4 is 14.8 Å². The molecule has 1 amide bonds. The van der Waals surface area contributed by atoms with E-state index >= 15 is 0 Å². The summed E-state index contributed by atoms with van der Waals surface area (Å²) in [6.07, 6.45) is 6.02. The number of hydrogen-bond acceptors (Lipinski definition) is 4. The second kappa shape index (κ2) is 7.83. The number of carbonyl (C=O) groups excluding carboxylic acids is 1. The fourth-order valence-electron chi connectivity index (χ4n) is 2.77. The van der Waals surface area contributed by atoms with E-state index in [1.165, 1.54) is 6.08 Å². The van der Waals surface area contributed by atoms with Crippen LogP contribution in [0.5, 0.6) is 11.5 Å². The van der Waals surface area contributed by atoms with E-state index in [0.29, 0.717) is 13.2 Å². The van der Waals surface area contributed by atoms with Crippen molar-refractivity contribution in [3.05, 3.63) is 59.4 Å². The van der Waals surface area contributed by atoms with Crippen molar-refractivity contribution in [1.29, 1.82) is 0 Å². The molecule has 0 saturated carbocycles. The van der Waals surface area contributed by atoms with Gasteiger partial charge < -0.3 is 14.8 Å². The van der Waals surface area contributed by atoms with Crippen LogP contribution >= 0.6 is 0 Å². The third kappa shape index (κ3) is 4.38. The highest BCUT2D eigenvalue weighted by Crippen LogP contribution is 2.35. The molecule has 25 heavy (non-hydrogen) atoms. The van der Waals surface area contributed by atoms with Crippen LogP contribution in [0.25, 0.3) is 6.08 Å². The number of nitrogens with one attached hydrogen (secondary N) is 1. The molecule has 1 N–H and O–H groups in total. The molecule has 0 aliphatic carbocycles. The number of rotatable bonds is 6. The molecule has 3 rings (SSSR count). The van der Waals surface area contributed by atoms with Crippen LogP contribution in [0.1, 0.15) is 30.7 Å². The third-order valence-electron chi connectivity index (χ3n) is 3.91. The van der Waals surface area contributed by atoms with Crippen LogP contribution in [0.3, 0.4) is 0 Å². The average molecular weight is 338 g/mol. The maximum absolute atomic E-state index is 12.0. The number of pyridine rings is 1. The molecule has 0 fully saturated rings. The lowest BCUT2D eigenvalue weighted by Gasteiger charge is -2.10. The van der Waals surface area contributed by atoms with Crippen molar-refractivity contribution in [3.8, 4) is 11.5 Å². The summed E-state index contributed by atoms with van der Waals surface area (Å²) < 4.78 is 11.5. The fraction of sp³-hybridized carbons (Fsp3) is 0.300. The summed E-state index contributed by atoms with van der Waals surface area (Å²) in [6.45, 7) is 4.95. The highest BCUT2D eigenvalue weighted by molar-refractivity contribution is 5.92. The first-order chi connectivity index (χ1) is 12.2. The molecule has 1 atom stereocenters. The van der Waals surface area contributed by atoms with Crippen LogP contribution in [-0.4, -0.2) is 23.6 Å². The normalized spacial score (nSPS) is 15.7. The molecule has 1 aliphatic rings. The largest absolute Gasteiger partial charge is 0.493 e. The first-order valence-corrected chi connectivity index (χ1v) is 8.48. The predicted octanol–water partition coefficient (Wildman–Crippen LogP) is 3.13. The summed E-state index contributed by atoms with van der Waals surface area (Å²) in [4.78, 5) is 16.2. The first-order valence-electron chi connectivity index (χ1n) is 8.48. The van der Waals surface area contributed by atoms with E-state index in [-0.39, 0.29) is 12.0 Å². The number of amides is 1. The van der Waals surface area contributed by atoms with Gasteiger partial charge in [0.15, 0.2) is 0 Å². The molecular formula is C20H22N2O3. The van der Waals surface area contributed by atoms with Crippen molar-refractivity contribution < 1.29 is 14.3 Å². The molecule has 5 nitrogen and oxygen atoms in total. The third-order valence-corrected chi connectivity index (χ3v) is 3.91. The second-order valence-electron chi connectivity index (χ2n) is 5.94. The Bertz CT molecular complexity index is 772. The molecule has 2 heterocycles. The smallest absolute Gasteiger partial charge is 0.244 e. The van der Waals surface area contributed by atoms with Crippen molar-refractivity contribution in [2.45, 2.75) is 32.9 Å². The maximum Gasteiger partial charge on any atom is 0.244 e. The molecule has 0 saturated heterocycles. The zero-order valence-corrected chi connectivity index (χ0v) is 14.5. The van der Waals surface area contributed by atoms with Gasteiger partial charge in [-0.3, -0.25) is 9.78 Å². The fourth-order valence-corrected chi connectivity index (χ4v) is 2.77. The highest BCUT2D eigenvalue weighted by Gasteiger charge is 2.21. The number of ether oxygens (including phenoxy) is 2. The molecular weight excluding hydrogens is 316 g/mol. The van der Waals surface area contributed by atoms with E-state index in [1.54, 1.807) is 12.3 Å². The number of nitrogens with zero attached hydrogens (tertiary/aromatic N) is 1. The average Bonchev–Trinajstić information content (AvgIpc) is 2.98. The zero-order valence-electron chi connectivity index (χ0n) is 14.5. The summed E-state index contributed by atoms with van der Waals surface area (Å²) in [7, 11) is 0. The molecule has 1 aliphatic heterocycles. The topological polar surface area (TPSA) is 60.5 Å². The Labute approximate surface area is 147 Å². The summed E-state index contributed by atoms with van der Waals surface area (Å²) in [6, 6.07) is 9.55. The van der Waals surface area contributed by atoms with Gasteiger partial charge in [-0.1, -0.05) is 6.07 Å². The Hall–Kier alpha value is -2.82. The summed E-state index contributed by atoms with van der Waals surface area (Å²) in [5, 5.41) is 2.82. The molecule has 5 heteroatoms. The lowest BCUT2D eigenvalue weighted by molar-refractivity contribution is -0.116. The van der Waals surface area contributed by atoms with Crippen LogP contribution in [0.2, 0.25) is 0 Å². The van der Waals surface area contributed by atoms with Crippen LogP contribution in [0.4, 0.5) is 0 Å². The minimum atomic E-state index is -0.178.